The Balaban J connectivity index is 0.000000191. The average molecular weight is 456 g/mol. The molecular weight excluding hydrogens is 424 g/mol. The molecule has 4 heteroatoms. The normalized spacial score (nSPS) is 11.4. The van der Waals surface area contributed by atoms with Crippen LogP contribution in [0.2, 0.25) is 0 Å². The van der Waals surface area contributed by atoms with E-state index in [1.165, 1.54) is 0 Å². The summed E-state index contributed by atoms with van der Waals surface area (Å²) in [5.41, 5.74) is 4.11. The van der Waals surface area contributed by atoms with Crippen molar-refractivity contribution < 1.29 is 20.4 Å². The molecule has 0 saturated heterocycles. The Bertz CT molecular complexity index is 995. The predicted octanol–water partition coefficient (Wildman–Crippen LogP) is 6.22. The number of hydrogen-bond acceptors (Lipinski definition) is 4. The number of benzene rings is 4. The molecule has 0 aliphatic heterocycles. The van der Waals surface area contributed by atoms with E-state index in [0.29, 0.717) is 0 Å². The highest BCUT2D eigenvalue weighted by molar-refractivity contribution is 5.42. The van der Waals surface area contributed by atoms with E-state index in [1.807, 2.05) is 48.5 Å². The van der Waals surface area contributed by atoms with Crippen molar-refractivity contribution >= 4 is 0 Å². The van der Waals surface area contributed by atoms with Crippen molar-refractivity contribution in [1.82, 2.24) is 0 Å². The highest BCUT2D eigenvalue weighted by atomic mass is 16.3. The first-order chi connectivity index (χ1) is 16.0. The van der Waals surface area contributed by atoms with Crippen molar-refractivity contribution in [2.75, 3.05) is 0 Å². The third-order valence-electron chi connectivity index (χ3n) is 6.34. The zero-order chi connectivity index (χ0) is 24.9. The summed E-state index contributed by atoms with van der Waals surface area (Å²) in [6, 6.07) is 28.5. The summed E-state index contributed by atoms with van der Waals surface area (Å²) in [6.07, 6.45) is 0. The SMILES string of the molecule is CC(C)(c1ccc(O)cc1)c1ccc(O)cc1.CC(C)(c1ccc([O-])cc1)c1ccc(O)cc1. The number of rotatable bonds is 4. The van der Waals surface area contributed by atoms with Crippen LogP contribution in [0.15, 0.2) is 97.1 Å². The summed E-state index contributed by atoms with van der Waals surface area (Å²) < 4.78 is 0. The molecular formula is C30H31O4-. The van der Waals surface area contributed by atoms with E-state index in [9.17, 15) is 20.4 Å². The van der Waals surface area contributed by atoms with Gasteiger partial charge in [0.25, 0.3) is 0 Å². The maximum Gasteiger partial charge on any atom is 0.115 e. The Morgan fingerprint density at radius 2 is 0.618 bits per heavy atom. The molecule has 0 saturated carbocycles. The number of phenols is 3. The first-order valence-electron chi connectivity index (χ1n) is 11.2. The quantitative estimate of drug-likeness (QED) is 0.341. The van der Waals surface area contributed by atoms with Gasteiger partial charge >= 0.3 is 0 Å². The summed E-state index contributed by atoms with van der Waals surface area (Å²) in [7, 11) is 0. The predicted molar refractivity (Wildman–Crippen MR) is 134 cm³/mol. The van der Waals surface area contributed by atoms with Gasteiger partial charge in [-0.2, -0.15) is 0 Å². The molecule has 0 aromatic heterocycles. The van der Waals surface area contributed by atoms with Crippen molar-refractivity contribution in [3.63, 3.8) is 0 Å². The number of hydrogen-bond donors (Lipinski definition) is 3. The van der Waals surface area contributed by atoms with Gasteiger partial charge in [0.05, 0.1) is 0 Å². The zero-order valence-electron chi connectivity index (χ0n) is 20.0. The minimum absolute atomic E-state index is 0.0234. The largest absolute Gasteiger partial charge is 0.872 e. The van der Waals surface area contributed by atoms with Crippen LogP contribution in [-0.4, -0.2) is 15.3 Å². The summed E-state index contributed by atoms with van der Waals surface area (Å²) in [6.45, 7) is 8.43. The average Bonchev–Trinajstić information content (AvgIpc) is 2.81. The van der Waals surface area contributed by atoms with Crippen LogP contribution in [-0.2, 0) is 10.8 Å². The molecule has 4 aromatic rings. The topological polar surface area (TPSA) is 83.8 Å². The third-order valence-corrected chi connectivity index (χ3v) is 6.34. The van der Waals surface area contributed by atoms with Crippen LogP contribution in [0.4, 0.5) is 0 Å². The molecule has 176 valence electrons. The molecule has 0 heterocycles. The molecule has 0 aliphatic carbocycles. The first-order valence-corrected chi connectivity index (χ1v) is 11.2. The lowest BCUT2D eigenvalue weighted by molar-refractivity contribution is -0.268. The van der Waals surface area contributed by atoms with Crippen LogP contribution in [0.3, 0.4) is 0 Å². The lowest BCUT2D eigenvalue weighted by atomic mass is 9.78. The Morgan fingerprint density at radius 3 is 0.853 bits per heavy atom. The standard InChI is InChI=1S/2C15H16O2/c2*1-15(2,11-3-7-13(16)8-4-11)12-5-9-14(17)10-6-12/h2*3-10,16-17H,1-2H3/p-1. The molecule has 0 atom stereocenters. The molecule has 0 radical (unpaired) electrons. The van der Waals surface area contributed by atoms with Crippen LogP contribution in [0.25, 0.3) is 0 Å². The first kappa shape index (κ1) is 24.7. The molecule has 4 aromatic carbocycles. The second kappa shape index (κ2) is 9.92. The fraction of sp³-hybridized carbons (Fsp3) is 0.200. The Hall–Kier alpha value is -3.92. The highest BCUT2D eigenvalue weighted by Gasteiger charge is 2.23. The fourth-order valence-corrected chi connectivity index (χ4v) is 3.84. The summed E-state index contributed by atoms with van der Waals surface area (Å²) in [5, 5.41) is 39.0. The van der Waals surface area contributed by atoms with Crippen molar-refractivity contribution in [3.05, 3.63) is 119 Å². The van der Waals surface area contributed by atoms with Gasteiger partial charge in [0.2, 0.25) is 0 Å². The van der Waals surface area contributed by atoms with Gasteiger partial charge in [0.15, 0.2) is 0 Å². The van der Waals surface area contributed by atoms with Gasteiger partial charge in [0.1, 0.15) is 17.2 Å². The van der Waals surface area contributed by atoms with E-state index >= 15 is 0 Å². The fourth-order valence-electron chi connectivity index (χ4n) is 3.84. The van der Waals surface area contributed by atoms with Crippen LogP contribution in [0, 0.1) is 0 Å². The molecule has 0 unspecified atom stereocenters. The van der Waals surface area contributed by atoms with E-state index in [2.05, 4.69) is 27.7 Å². The lowest BCUT2D eigenvalue weighted by Crippen LogP contribution is -2.18. The van der Waals surface area contributed by atoms with Crippen LogP contribution >= 0.6 is 0 Å². The minimum atomic E-state index is -0.179. The van der Waals surface area contributed by atoms with Crippen LogP contribution in [0.5, 0.6) is 23.0 Å². The van der Waals surface area contributed by atoms with E-state index in [0.717, 1.165) is 22.3 Å². The van der Waals surface area contributed by atoms with Crippen molar-refractivity contribution in [1.29, 1.82) is 0 Å². The molecule has 0 aliphatic rings. The summed E-state index contributed by atoms with van der Waals surface area (Å²) in [4.78, 5) is 0. The molecule has 34 heavy (non-hydrogen) atoms. The second-order valence-corrected chi connectivity index (χ2v) is 9.41. The summed E-state index contributed by atoms with van der Waals surface area (Å²) >= 11 is 0. The van der Waals surface area contributed by atoms with Gasteiger partial charge in [-0.1, -0.05) is 88.4 Å². The van der Waals surface area contributed by atoms with Gasteiger partial charge in [-0.15, -0.1) is 5.75 Å². The van der Waals surface area contributed by atoms with E-state index in [4.69, 9.17) is 0 Å². The minimum Gasteiger partial charge on any atom is -0.872 e. The Morgan fingerprint density at radius 1 is 0.412 bits per heavy atom. The van der Waals surface area contributed by atoms with Gasteiger partial charge in [0, 0.05) is 10.8 Å². The Kier molecular flexibility index (Phi) is 7.21. The third kappa shape index (κ3) is 5.70. The highest BCUT2D eigenvalue weighted by Crippen LogP contribution is 2.34. The van der Waals surface area contributed by atoms with Crippen molar-refractivity contribution in [2.45, 2.75) is 38.5 Å². The smallest absolute Gasteiger partial charge is 0.115 e. The van der Waals surface area contributed by atoms with E-state index < -0.39 is 0 Å². The maximum absolute atomic E-state index is 11.1. The molecule has 4 nitrogen and oxygen atoms in total. The molecule has 0 amide bonds. The van der Waals surface area contributed by atoms with Gasteiger partial charge in [-0.05, 0) is 58.7 Å². The lowest BCUT2D eigenvalue weighted by Gasteiger charge is -2.26. The Labute approximate surface area is 201 Å². The molecule has 0 bridgehead atoms. The molecule has 4 rings (SSSR count). The second-order valence-electron chi connectivity index (χ2n) is 9.41. The van der Waals surface area contributed by atoms with Crippen LogP contribution < -0.4 is 5.11 Å². The maximum atomic E-state index is 11.1. The number of aromatic hydroxyl groups is 3. The monoisotopic (exact) mass is 455 g/mol. The molecule has 0 spiro atoms. The summed E-state index contributed by atoms with van der Waals surface area (Å²) in [5.74, 6) is 0.834. The number of phenolic OH excluding ortho intramolecular Hbond substituents is 3. The van der Waals surface area contributed by atoms with Crippen LogP contribution in [0.1, 0.15) is 49.9 Å². The van der Waals surface area contributed by atoms with Crippen molar-refractivity contribution in [3.8, 4) is 23.0 Å². The van der Waals surface area contributed by atoms with Gasteiger partial charge < -0.3 is 20.4 Å². The van der Waals surface area contributed by atoms with E-state index in [1.54, 1.807) is 48.5 Å². The van der Waals surface area contributed by atoms with Crippen molar-refractivity contribution in [2.24, 2.45) is 0 Å². The molecule has 0 fully saturated rings. The van der Waals surface area contributed by atoms with Gasteiger partial charge in [-0.25, -0.2) is 0 Å². The zero-order valence-corrected chi connectivity index (χ0v) is 20.0. The van der Waals surface area contributed by atoms with Gasteiger partial charge in [-0.3, -0.25) is 0 Å². The van der Waals surface area contributed by atoms with E-state index in [-0.39, 0.29) is 33.8 Å². The molecule has 3 N–H and O–H groups in total.